The van der Waals surface area contributed by atoms with Gasteiger partial charge in [-0.3, -0.25) is 0 Å². The van der Waals surface area contributed by atoms with Crippen LogP contribution in [0, 0.1) is 0 Å². The highest BCUT2D eigenvalue weighted by atomic mass is 16.5. The van der Waals surface area contributed by atoms with Crippen LogP contribution in [0.2, 0.25) is 0 Å². The van der Waals surface area contributed by atoms with Crippen LogP contribution >= 0.6 is 0 Å². The molecule has 0 unspecified atom stereocenters. The van der Waals surface area contributed by atoms with Gasteiger partial charge in [-0.2, -0.15) is 0 Å². The minimum absolute atomic E-state index is 0.275. The normalized spacial score (nSPS) is 9.78. The maximum Gasteiger partial charge on any atom is 0.337 e. The first-order valence-electron chi connectivity index (χ1n) is 5.61. The number of hydrogen-bond donors (Lipinski definition) is 0. The molecule has 4 heteroatoms. The molecule has 0 heterocycles. The number of esters is 1. The molecular weight excluding hydrogens is 232 g/mol. The van der Waals surface area contributed by atoms with Crippen LogP contribution in [0.3, 0.4) is 0 Å². The maximum absolute atomic E-state index is 11.5. The number of carbonyl (C=O) groups is 1. The van der Waals surface area contributed by atoms with Gasteiger partial charge in [0, 0.05) is 5.56 Å². The zero-order chi connectivity index (χ0) is 13.7. The average Bonchev–Trinajstić information content (AvgIpc) is 2.43. The third kappa shape index (κ3) is 2.64. The highest BCUT2D eigenvalue weighted by Gasteiger charge is 2.16. The molecule has 0 bridgehead atoms. The van der Waals surface area contributed by atoms with Gasteiger partial charge in [-0.1, -0.05) is 13.5 Å². The molecule has 0 radical (unpaired) electrons. The first kappa shape index (κ1) is 14.1. The van der Waals surface area contributed by atoms with Gasteiger partial charge in [-0.25, -0.2) is 4.79 Å². The van der Waals surface area contributed by atoms with Crippen LogP contribution < -0.4 is 9.47 Å². The summed E-state index contributed by atoms with van der Waals surface area (Å²) in [5.41, 5.74) is 1.87. The lowest BCUT2D eigenvalue weighted by Gasteiger charge is -2.14. The van der Waals surface area contributed by atoms with Crippen molar-refractivity contribution in [3.8, 4) is 11.5 Å². The van der Waals surface area contributed by atoms with Gasteiger partial charge in [0.1, 0.15) is 11.5 Å². The van der Waals surface area contributed by atoms with Crippen molar-refractivity contribution in [2.45, 2.75) is 13.3 Å². The van der Waals surface area contributed by atoms with Gasteiger partial charge < -0.3 is 14.2 Å². The number of hydrogen-bond acceptors (Lipinski definition) is 4. The first-order valence-corrected chi connectivity index (χ1v) is 5.61. The molecule has 0 N–H and O–H groups in total. The fourth-order valence-corrected chi connectivity index (χ4v) is 1.75. The van der Waals surface area contributed by atoms with Crippen LogP contribution in [-0.4, -0.2) is 27.3 Å². The molecular formula is C14H18O4. The van der Waals surface area contributed by atoms with Crippen LogP contribution in [0.25, 0.3) is 5.57 Å². The molecule has 0 spiro atoms. The second-order valence-electron chi connectivity index (χ2n) is 3.68. The third-order valence-electron chi connectivity index (χ3n) is 2.74. The highest BCUT2D eigenvalue weighted by Crippen LogP contribution is 2.33. The van der Waals surface area contributed by atoms with E-state index >= 15 is 0 Å². The fraction of sp³-hybridized carbons (Fsp3) is 0.357. The lowest BCUT2D eigenvalue weighted by atomic mass is 10.0. The highest BCUT2D eigenvalue weighted by molar-refractivity contribution is 6.15. The van der Waals surface area contributed by atoms with Crippen molar-refractivity contribution in [3.63, 3.8) is 0 Å². The average molecular weight is 250 g/mol. The Balaban J connectivity index is 3.31. The van der Waals surface area contributed by atoms with Gasteiger partial charge in [-0.05, 0) is 24.1 Å². The largest absolute Gasteiger partial charge is 0.496 e. The summed E-state index contributed by atoms with van der Waals surface area (Å²) in [6.45, 7) is 5.73. The number of benzene rings is 1. The fourth-order valence-electron chi connectivity index (χ4n) is 1.75. The maximum atomic E-state index is 11.5. The van der Waals surface area contributed by atoms with Gasteiger partial charge in [0.05, 0.1) is 26.9 Å². The van der Waals surface area contributed by atoms with E-state index in [4.69, 9.17) is 9.47 Å². The molecule has 0 aliphatic rings. The zero-order valence-electron chi connectivity index (χ0n) is 11.2. The molecule has 0 amide bonds. The summed E-state index contributed by atoms with van der Waals surface area (Å²) < 4.78 is 15.3. The summed E-state index contributed by atoms with van der Waals surface area (Å²) in [6.07, 6.45) is 0.775. The number of methoxy groups -OCH3 is 3. The van der Waals surface area contributed by atoms with Crippen molar-refractivity contribution in [3.05, 3.63) is 29.8 Å². The molecule has 98 valence electrons. The lowest BCUT2D eigenvalue weighted by Crippen LogP contribution is -2.04. The predicted octanol–water partition coefficient (Wildman–Crippen LogP) is 2.45. The van der Waals surface area contributed by atoms with E-state index in [0.29, 0.717) is 17.1 Å². The van der Waals surface area contributed by atoms with E-state index < -0.39 is 5.97 Å². The molecule has 1 aromatic carbocycles. The van der Waals surface area contributed by atoms with E-state index in [1.807, 2.05) is 6.92 Å². The topological polar surface area (TPSA) is 44.8 Å². The van der Waals surface area contributed by atoms with E-state index in [9.17, 15) is 4.79 Å². The predicted molar refractivity (Wildman–Crippen MR) is 70.0 cm³/mol. The van der Waals surface area contributed by atoms with Crippen molar-refractivity contribution >= 4 is 11.5 Å². The van der Waals surface area contributed by atoms with Crippen LogP contribution in [0.4, 0.5) is 0 Å². The summed E-state index contributed by atoms with van der Waals surface area (Å²) >= 11 is 0. The smallest absolute Gasteiger partial charge is 0.337 e. The zero-order valence-corrected chi connectivity index (χ0v) is 11.2. The Morgan fingerprint density at radius 2 is 1.67 bits per heavy atom. The van der Waals surface area contributed by atoms with E-state index in [1.54, 1.807) is 26.4 Å². The summed E-state index contributed by atoms with van der Waals surface area (Å²) in [7, 11) is 4.49. The molecule has 0 aliphatic carbocycles. The van der Waals surface area contributed by atoms with Crippen molar-refractivity contribution in [2.24, 2.45) is 0 Å². The van der Waals surface area contributed by atoms with Gasteiger partial charge in [0.25, 0.3) is 0 Å². The van der Waals surface area contributed by atoms with Gasteiger partial charge >= 0.3 is 5.97 Å². The summed E-state index contributed by atoms with van der Waals surface area (Å²) in [5, 5.41) is 0. The van der Waals surface area contributed by atoms with Gasteiger partial charge in [0.15, 0.2) is 0 Å². The Bertz CT molecular complexity index is 438. The van der Waals surface area contributed by atoms with Gasteiger partial charge in [-0.15, -0.1) is 0 Å². The van der Waals surface area contributed by atoms with Crippen molar-refractivity contribution in [2.75, 3.05) is 21.3 Å². The van der Waals surface area contributed by atoms with E-state index in [-0.39, 0.29) is 5.57 Å². The number of ether oxygens (including phenoxy) is 3. The summed E-state index contributed by atoms with van der Waals surface area (Å²) in [4.78, 5) is 11.5. The Morgan fingerprint density at radius 1 is 1.17 bits per heavy atom. The molecule has 1 aromatic rings. The third-order valence-corrected chi connectivity index (χ3v) is 2.74. The number of carbonyl (C=O) groups excluding carboxylic acids is 1. The van der Waals surface area contributed by atoms with E-state index in [2.05, 4.69) is 11.3 Å². The Labute approximate surface area is 107 Å². The summed E-state index contributed by atoms with van der Waals surface area (Å²) in [6, 6.07) is 3.53. The summed E-state index contributed by atoms with van der Waals surface area (Å²) in [5.74, 6) is 0.886. The minimum atomic E-state index is -0.469. The molecule has 0 atom stereocenters. The Morgan fingerprint density at radius 3 is 2.00 bits per heavy atom. The Hall–Kier alpha value is -1.97. The van der Waals surface area contributed by atoms with Crippen molar-refractivity contribution < 1.29 is 19.0 Å². The Kier molecular flexibility index (Phi) is 4.77. The van der Waals surface area contributed by atoms with Crippen LogP contribution in [0.1, 0.15) is 18.1 Å². The van der Waals surface area contributed by atoms with E-state index in [0.717, 1.165) is 12.0 Å². The van der Waals surface area contributed by atoms with Crippen LogP contribution in [0.5, 0.6) is 11.5 Å². The standard InChI is InChI=1S/C14H18O4/c1-6-11-12(16-3)7-10(8-13(11)17-4)9(2)14(15)18-5/h7-8H,2,6H2,1,3-5H3. The first-order chi connectivity index (χ1) is 8.58. The van der Waals surface area contributed by atoms with Gasteiger partial charge in [0.2, 0.25) is 0 Å². The number of rotatable bonds is 5. The lowest BCUT2D eigenvalue weighted by molar-refractivity contribution is -0.133. The van der Waals surface area contributed by atoms with Crippen molar-refractivity contribution in [1.82, 2.24) is 0 Å². The quantitative estimate of drug-likeness (QED) is 0.595. The molecule has 0 saturated heterocycles. The minimum Gasteiger partial charge on any atom is -0.496 e. The second-order valence-corrected chi connectivity index (χ2v) is 3.68. The molecule has 0 aliphatic heterocycles. The van der Waals surface area contributed by atoms with E-state index in [1.165, 1.54) is 7.11 Å². The molecule has 1 rings (SSSR count). The monoisotopic (exact) mass is 250 g/mol. The molecule has 0 fully saturated rings. The second kappa shape index (κ2) is 6.10. The molecule has 0 aromatic heterocycles. The SMILES string of the molecule is C=C(C(=O)OC)c1cc(OC)c(CC)c(OC)c1. The molecule has 18 heavy (non-hydrogen) atoms. The van der Waals surface area contributed by atoms with Crippen molar-refractivity contribution in [1.29, 1.82) is 0 Å². The molecule has 4 nitrogen and oxygen atoms in total. The molecule has 0 saturated carbocycles. The van der Waals surface area contributed by atoms with Crippen LogP contribution in [-0.2, 0) is 16.0 Å². The van der Waals surface area contributed by atoms with Crippen LogP contribution in [0.15, 0.2) is 18.7 Å².